The van der Waals surface area contributed by atoms with Crippen molar-refractivity contribution in [1.29, 1.82) is 0 Å². The molecule has 2 N–H and O–H groups in total. The van der Waals surface area contributed by atoms with E-state index in [4.69, 9.17) is 16.7 Å². The number of aromatic nitrogens is 1. The lowest BCUT2D eigenvalue weighted by molar-refractivity contribution is -0.136. The molecule has 1 aliphatic rings. The molecule has 18 heavy (non-hydrogen) atoms. The van der Waals surface area contributed by atoms with Crippen LogP contribution in [0, 0.1) is 0 Å². The fourth-order valence-corrected chi connectivity index (χ4v) is 2.82. The molecule has 0 atom stereocenters. The highest BCUT2D eigenvalue weighted by Gasteiger charge is 2.20. The average molecular weight is 265 g/mol. The van der Waals surface area contributed by atoms with E-state index in [0.717, 1.165) is 41.8 Å². The van der Waals surface area contributed by atoms with Gasteiger partial charge in [-0.25, -0.2) is 0 Å². The Hall–Kier alpha value is -1.52. The Kier molecular flexibility index (Phi) is 2.76. The molecular weight excluding hydrogens is 252 g/mol. The zero-order valence-corrected chi connectivity index (χ0v) is 10.5. The van der Waals surface area contributed by atoms with Crippen LogP contribution in [-0.2, 0) is 24.3 Å². The van der Waals surface area contributed by atoms with Gasteiger partial charge >= 0.3 is 5.97 Å². The summed E-state index contributed by atoms with van der Waals surface area (Å²) in [6.07, 6.45) is 0.0577. The Bertz CT molecular complexity index is 633. The number of fused-ring (bicyclic) bond motifs is 3. The van der Waals surface area contributed by atoms with Gasteiger partial charge in [0.25, 0.3) is 0 Å². The van der Waals surface area contributed by atoms with Crippen molar-refractivity contribution in [2.24, 2.45) is 0 Å². The Labute approximate surface area is 109 Å². The van der Waals surface area contributed by atoms with Crippen molar-refractivity contribution in [2.75, 3.05) is 6.54 Å². The van der Waals surface area contributed by atoms with E-state index in [0.29, 0.717) is 5.02 Å². The minimum Gasteiger partial charge on any atom is -0.481 e. The first-order valence-corrected chi connectivity index (χ1v) is 6.26. The van der Waals surface area contributed by atoms with Gasteiger partial charge in [0.05, 0.1) is 11.9 Å². The van der Waals surface area contributed by atoms with E-state index in [1.807, 2.05) is 18.2 Å². The van der Waals surface area contributed by atoms with E-state index < -0.39 is 5.97 Å². The molecule has 0 unspecified atom stereocenters. The van der Waals surface area contributed by atoms with Gasteiger partial charge in [-0.15, -0.1) is 0 Å². The molecule has 2 aromatic rings. The highest BCUT2D eigenvalue weighted by Crippen LogP contribution is 2.30. The maximum Gasteiger partial charge on any atom is 0.307 e. The molecule has 94 valence electrons. The minimum atomic E-state index is -0.800. The van der Waals surface area contributed by atoms with Crippen molar-refractivity contribution < 1.29 is 9.90 Å². The normalized spacial score (nSPS) is 14.7. The number of hydrogen-bond acceptors (Lipinski definition) is 2. The van der Waals surface area contributed by atoms with Crippen molar-refractivity contribution in [3.63, 3.8) is 0 Å². The summed E-state index contributed by atoms with van der Waals surface area (Å²) in [4.78, 5) is 11.0. The van der Waals surface area contributed by atoms with Crippen LogP contribution in [0.15, 0.2) is 18.2 Å². The fourth-order valence-electron chi connectivity index (χ4n) is 2.65. The van der Waals surface area contributed by atoms with Crippen molar-refractivity contribution in [3.8, 4) is 0 Å². The number of nitrogens with zero attached hydrogens (tertiary/aromatic N) is 1. The number of nitrogens with one attached hydrogen (secondary N) is 1. The van der Waals surface area contributed by atoms with Gasteiger partial charge in [0.15, 0.2) is 0 Å². The number of aliphatic carboxylic acids is 1. The van der Waals surface area contributed by atoms with Crippen LogP contribution in [-0.4, -0.2) is 22.2 Å². The van der Waals surface area contributed by atoms with Crippen molar-refractivity contribution in [2.45, 2.75) is 19.5 Å². The van der Waals surface area contributed by atoms with Crippen LogP contribution in [0.3, 0.4) is 0 Å². The van der Waals surface area contributed by atoms with Gasteiger partial charge < -0.3 is 15.0 Å². The van der Waals surface area contributed by atoms with Gasteiger partial charge in [-0.2, -0.15) is 0 Å². The lowest BCUT2D eigenvalue weighted by Gasteiger charge is -2.18. The van der Waals surface area contributed by atoms with Crippen LogP contribution in [0.2, 0.25) is 5.02 Å². The molecule has 0 fully saturated rings. The summed E-state index contributed by atoms with van der Waals surface area (Å²) < 4.78 is 2.18. The molecular formula is C13H13ClN2O2. The summed E-state index contributed by atoms with van der Waals surface area (Å²) in [5.41, 5.74) is 3.01. The Morgan fingerprint density at radius 2 is 2.33 bits per heavy atom. The molecule has 1 aromatic carbocycles. The topological polar surface area (TPSA) is 54.3 Å². The SMILES string of the molecule is O=C(O)Cc1c2n(c3cc(Cl)ccc13)CCNC2. The molecule has 0 spiro atoms. The molecule has 4 nitrogen and oxygen atoms in total. The van der Waals surface area contributed by atoms with Crippen molar-refractivity contribution >= 4 is 28.5 Å². The van der Waals surface area contributed by atoms with E-state index >= 15 is 0 Å². The average Bonchev–Trinajstić information content (AvgIpc) is 2.64. The minimum absolute atomic E-state index is 0.0577. The van der Waals surface area contributed by atoms with E-state index in [-0.39, 0.29) is 6.42 Å². The Morgan fingerprint density at radius 3 is 3.11 bits per heavy atom. The third-order valence-electron chi connectivity index (χ3n) is 3.38. The van der Waals surface area contributed by atoms with Crippen molar-refractivity contribution in [1.82, 2.24) is 9.88 Å². The van der Waals surface area contributed by atoms with Crippen LogP contribution in [0.4, 0.5) is 0 Å². The van der Waals surface area contributed by atoms with Gasteiger partial charge in [-0.1, -0.05) is 17.7 Å². The van der Waals surface area contributed by atoms with Crippen LogP contribution in [0.1, 0.15) is 11.3 Å². The number of halogens is 1. The lowest BCUT2D eigenvalue weighted by Crippen LogP contribution is -2.28. The number of hydrogen-bond donors (Lipinski definition) is 2. The molecule has 5 heteroatoms. The molecule has 0 aliphatic carbocycles. The van der Waals surface area contributed by atoms with E-state index in [2.05, 4.69) is 9.88 Å². The second kappa shape index (κ2) is 4.30. The standard InChI is InChI=1S/C13H13ClN2O2/c14-8-1-2-9-10(6-13(17)18)12-7-15-3-4-16(12)11(9)5-8/h1-2,5,15H,3-4,6-7H2,(H,17,18). The largest absolute Gasteiger partial charge is 0.481 e. The summed E-state index contributed by atoms with van der Waals surface area (Å²) >= 11 is 6.03. The number of carboxylic acid groups (broad SMARTS) is 1. The highest BCUT2D eigenvalue weighted by atomic mass is 35.5. The Morgan fingerprint density at radius 1 is 1.50 bits per heavy atom. The van der Waals surface area contributed by atoms with Crippen LogP contribution in [0.5, 0.6) is 0 Å². The summed E-state index contributed by atoms with van der Waals surface area (Å²) in [5, 5.41) is 14.0. The third kappa shape index (κ3) is 1.78. The zero-order chi connectivity index (χ0) is 12.7. The second-order valence-corrected chi connectivity index (χ2v) is 4.92. The van der Waals surface area contributed by atoms with Gasteiger partial charge in [0, 0.05) is 35.7 Å². The van der Waals surface area contributed by atoms with Crippen LogP contribution in [0.25, 0.3) is 10.9 Å². The zero-order valence-electron chi connectivity index (χ0n) is 9.74. The summed E-state index contributed by atoms with van der Waals surface area (Å²) in [6, 6.07) is 5.65. The molecule has 0 bridgehead atoms. The van der Waals surface area contributed by atoms with Gasteiger partial charge in [-0.05, 0) is 17.7 Å². The summed E-state index contributed by atoms with van der Waals surface area (Å²) in [7, 11) is 0. The van der Waals surface area contributed by atoms with Crippen molar-refractivity contribution in [3.05, 3.63) is 34.5 Å². The van der Waals surface area contributed by atoms with Gasteiger partial charge in [-0.3, -0.25) is 4.79 Å². The molecule has 2 heterocycles. The quantitative estimate of drug-likeness (QED) is 0.873. The lowest BCUT2D eigenvalue weighted by atomic mass is 10.1. The molecule has 3 rings (SSSR count). The number of benzene rings is 1. The molecule has 1 aromatic heterocycles. The van der Waals surface area contributed by atoms with E-state index in [1.165, 1.54) is 0 Å². The molecule has 1 aliphatic heterocycles. The number of carboxylic acids is 1. The third-order valence-corrected chi connectivity index (χ3v) is 3.62. The molecule has 0 amide bonds. The predicted octanol–water partition coefficient (Wildman–Crippen LogP) is 2.02. The summed E-state index contributed by atoms with van der Waals surface area (Å²) in [5.74, 6) is -0.800. The van der Waals surface area contributed by atoms with E-state index in [1.54, 1.807) is 0 Å². The monoisotopic (exact) mass is 264 g/mol. The highest BCUT2D eigenvalue weighted by molar-refractivity contribution is 6.31. The first kappa shape index (κ1) is 11.6. The van der Waals surface area contributed by atoms with Crippen LogP contribution < -0.4 is 5.32 Å². The maximum atomic E-state index is 11.0. The smallest absolute Gasteiger partial charge is 0.307 e. The first-order chi connectivity index (χ1) is 8.66. The first-order valence-electron chi connectivity index (χ1n) is 5.89. The predicted molar refractivity (Wildman–Crippen MR) is 70.0 cm³/mol. The molecule has 0 saturated heterocycles. The van der Waals surface area contributed by atoms with Crippen LogP contribution >= 0.6 is 11.6 Å². The summed E-state index contributed by atoms with van der Waals surface area (Å²) in [6.45, 7) is 2.47. The van der Waals surface area contributed by atoms with E-state index in [9.17, 15) is 4.79 Å². The Balaban J connectivity index is 2.28. The number of rotatable bonds is 2. The fraction of sp³-hybridized carbons (Fsp3) is 0.308. The number of carbonyl (C=O) groups is 1. The molecule has 0 saturated carbocycles. The maximum absolute atomic E-state index is 11.0. The van der Waals surface area contributed by atoms with Gasteiger partial charge in [0.1, 0.15) is 0 Å². The molecule has 0 radical (unpaired) electrons. The van der Waals surface area contributed by atoms with Gasteiger partial charge in [0.2, 0.25) is 0 Å². The second-order valence-electron chi connectivity index (χ2n) is 4.49.